The van der Waals surface area contributed by atoms with Crippen molar-refractivity contribution < 1.29 is 27.6 Å². The first-order chi connectivity index (χ1) is 17.9. The van der Waals surface area contributed by atoms with E-state index in [0.29, 0.717) is 16.9 Å². The van der Waals surface area contributed by atoms with E-state index in [-0.39, 0.29) is 25.4 Å². The molecule has 2 N–H and O–H groups in total. The number of nitrogens with zero attached hydrogens (tertiary/aromatic N) is 1. The summed E-state index contributed by atoms with van der Waals surface area (Å²) in [5, 5.41) is 5.37. The van der Waals surface area contributed by atoms with E-state index in [1.165, 1.54) is 35.6 Å². The summed E-state index contributed by atoms with van der Waals surface area (Å²) in [6.45, 7) is 1.67. The molecule has 37 heavy (non-hydrogen) atoms. The van der Waals surface area contributed by atoms with Gasteiger partial charge in [0.05, 0.1) is 25.6 Å². The molecule has 0 fully saturated rings. The summed E-state index contributed by atoms with van der Waals surface area (Å²) in [6, 6.07) is 18.4. The fraction of sp³-hybridized carbons (Fsp3) is 0.179. The van der Waals surface area contributed by atoms with Gasteiger partial charge in [-0.15, -0.1) is 0 Å². The summed E-state index contributed by atoms with van der Waals surface area (Å²) in [5.74, 6) is -1.31. The number of aryl methyl sites for hydroxylation is 1. The summed E-state index contributed by atoms with van der Waals surface area (Å²) >= 11 is 0. The molecule has 3 amide bonds. The largest absolute Gasteiger partial charge is 0.467 e. The molecule has 0 aliphatic heterocycles. The van der Waals surface area contributed by atoms with Crippen LogP contribution in [0.15, 0.2) is 94.2 Å². The minimum Gasteiger partial charge on any atom is -0.467 e. The molecule has 1 atom stereocenters. The number of amides is 3. The minimum atomic E-state index is -1.03. The topological polar surface area (TPSA) is 105 Å². The van der Waals surface area contributed by atoms with Crippen molar-refractivity contribution in [2.45, 2.75) is 26.1 Å². The van der Waals surface area contributed by atoms with Gasteiger partial charge in [0, 0.05) is 6.54 Å². The van der Waals surface area contributed by atoms with Crippen molar-refractivity contribution >= 4 is 17.7 Å². The average Bonchev–Trinajstić information content (AvgIpc) is 3.62. The highest BCUT2D eigenvalue weighted by Crippen LogP contribution is 2.25. The Labute approximate surface area is 213 Å². The van der Waals surface area contributed by atoms with Crippen molar-refractivity contribution in [1.29, 1.82) is 0 Å². The number of nitrogens with one attached hydrogen (secondary N) is 2. The summed E-state index contributed by atoms with van der Waals surface area (Å²) in [4.78, 5) is 40.8. The van der Waals surface area contributed by atoms with Gasteiger partial charge in [0.2, 0.25) is 11.8 Å². The zero-order chi connectivity index (χ0) is 26.2. The number of halogens is 1. The molecule has 4 aromatic rings. The summed E-state index contributed by atoms with van der Waals surface area (Å²) in [7, 11) is 0. The lowest BCUT2D eigenvalue weighted by atomic mass is 10.0. The van der Waals surface area contributed by atoms with E-state index in [0.717, 1.165) is 5.56 Å². The van der Waals surface area contributed by atoms with Crippen LogP contribution in [0.4, 0.5) is 4.39 Å². The molecule has 0 aliphatic carbocycles. The third-order valence-electron chi connectivity index (χ3n) is 5.70. The second-order valence-electron chi connectivity index (χ2n) is 8.42. The Kier molecular flexibility index (Phi) is 8.15. The maximum atomic E-state index is 13.5. The molecule has 0 spiro atoms. The maximum absolute atomic E-state index is 13.5. The van der Waals surface area contributed by atoms with E-state index < -0.39 is 29.6 Å². The van der Waals surface area contributed by atoms with Gasteiger partial charge in [-0.3, -0.25) is 14.4 Å². The van der Waals surface area contributed by atoms with Gasteiger partial charge in [-0.1, -0.05) is 42.0 Å². The van der Waals surface area contributed by atoms with Crippen LogP contribution < -0.4 is 10.6 Å². The molecule has 0 radical (unpaired) electrons. The molecule has 0 bridgehead atoms. The number of hydrogen-bond donors (Lipinski definition) is 2. The Hall–Kier alpha value is -4.66. The van der Waals surface area contributed by atoms with Gasteiger partial charge < -0.3 is 24.4 Å². The van der Waals surface area contributed by atoms with Crippen molar-refractivity contribution in [3.05, 3.63) is 119 Å². The van der Waals surface area contributed by atoms with Gasteiger partial charge in [0.25, 0.3) is 5.91 Å². The molecule has 2 heterocycles. The lowest BCUT2D eigenvalue weighted by Gasteiger charge is -2.31. The van der Waals surface area contributed by atoms with Crippen LogP contribution in [0.5, 0.6) is 0 Å². The number of rotatable bonds is 10. The Morgan fingerprint density at radius 3 is 2.24 bits per heavy atom. The number of benzene rings is 2. The zero-order valence-electron chi connectivity index (χ0n) is 20.1. The molecule has 2 aromatic heterocycles. The Morgan fingerprint density at radius 1 is 0.892 bits per heavy atom. The van der Waals surface area contributed by atoms with Gasteiger partial charge >= 0.3 is 0 Å². The van der Waals surface area contributed by atoms with E-state index in [1.54, 1.807) is 42.5 Å². The van der Waals surface area contributed by atoms with Crippen molar-refractivity contribution in [2.24, 2.45) is 0 Å². The molecule has 0 unspecified atom stereocenters. The van der Waals surface area contributed by atoms with Crippen molar-refractivity contribution in [2.75, 3.05) is 6.54 Å². The van der Waals surface area contributed by atoms with Crippen LogP contribution in [-0.2, 0) is 22.7 Å². The highest BCUT2D eigenvalue weighted by Gasteiger charge is 2.32. The van der Waals surface area contributed by atoms with Crippen LogP contribution in [0.2, 0.25) is 0 Å². The molecule has 2 aromatic carbocycles. The van der Waals surface area contributed by atoms with E-state index in [2.05, 4.69) is 10.6 Å². The van der Waals surface area contributed by atoms with Crippen molar-refractivity contribution in [1.82, 2.24) is 15.5 Å². The number of carbonyl (C=O) groups is 3. The minimum absolute atomic E-state index is 0.00243. The molecule has 4 rings (SSSR count). The highest BCUT2D eigenvalue weighted by atomic mass is 19.1. The van der Waals surface area contributed by atoms with Crippen molar-refractivity contribution in [3.63, 3.8) is 0 Å². The summed E-state index contributed by atoms with van der Waals surface area (Å²) in [5.41, 5.74) is 2.18. The van der Waals surface area contributed by atoms with E-state index in [1.807, 2.05) is 19.1 Å². The first-order valence-electron chi connectivity index (χ1n) is 11.6. The van der Waals surface area contributed by atoms with Gasteiger partial charge in [0.1, 0.15) is 17.6 Å². The molecule has 8 nitrogen and oxygen atoms in total. The van der Waals surface area contributed by atoms with Gasteiger partial charge in [-0.25, -0.2) is 4.39 Å². The monoisotopic (exact) mass is 503 g/mol. The highest BCUT2D eigenvalue weighted by molar-refractivity contribution is 5.95. The zero-order valence-corrected chi connectivity index (χ0v) is 20.1. The van der Waals surface area contributed by atoms with Gasteiger partial charge in [-0.05, 0) is 54.4 Å². The van der Waals surface area contributed by atoms with Crippen LogP contribution in [0.1, 0.15) is 39.0 Å². The molecule has 0 aliphatic rings. The average molecular weight is 504 g/mol. The summed E-state index contributed by atoms with van der Waals surface area (Å²) < 4.78 is 23.9. The smallest absolute Gasteiger partial charge is 0.287 e. The van der Waals surface area contributed by atoms with E-state index >= 15 is 0 Å². The Balaban J connectivity index is 1.63. The van der Waals surface area contributed by atoms with Crippen LogP contribution >= 0.6 is 0 Å². The Bertz CT molecular complexity index is 1320. The lowest BCUT2D eigenvalue weighted by molar-refractivity contribution is -0.141. The predicted octanol–water partition coefficient (Wildman–Crippen LogP) is 4.14. The van der Waals surface area contributed by atoms with Gasteiger partial charge in [0.15, 0.2) is 5.76 Å². The molecule has 190 valence electrons. The maximum Gasteiger partial charge on any atom is 0.287 e. The number of hydrogen-bond acceptors (Lipinski definition) is 5. The number of furan rings is 2. The molecule has 0 saturated carbocycles. The third kappa shape index (κ3) is 6.72. The van der Waals surface area contributed by atoms with Crippen LogP contribution in [0.3, 0.4) is 0 Å². The van der Waals surface area contributed by atoms with Crippen LogP contribution in [-0.4, -0.2) is 29.2 Å². The molecular weight excluding hydrogens is 477 g/mol. The molecule has 9 heteroatoms. The van der Waals surface area contributed by atoms with Crippen LogP contribution in [0.25, 0.3) is 0 Å². The summed E-state index contributed by atoms with van der Waals surface area (Å²) in [6.07, 6.45) is 2.86. The van der Waals surface area contributed by atoms with E-state index in [4.69, 9.17) is 8.83 Å². The first kappa shape index (κ1) is 25.4. The normalized spacial score (nSPS) is 11.5. The molecule has 0 saturated heterocycles. The van der Waals surface area contributed by atoms with E-state index in [9.17, 15) is 18.8 Å². The first-order valence-corrected chi connectivity index (χ1v) is 11.6. The second-order valence-corrected chi connectivity index (χ2v) is 8.42. The SMILES string of the molecule is Cc1ccc([C@H](C(=O)NCc2ccco2)N(Cc2ccc(F)cc2)C(=O)CNC(=O)c2ccco2)cc1. The van der Waals surface area contributed by atoms with Crippen molar-refractivity contribution in [3.8, 4) is 0 Å². The second kappa shape index (κ2) is 11.9. The third-order valence-corrected chi connectivity index (χ3v) is 5.70. The van der Waals surface area contributed by atoms with Crippen LogP contribution in [0, 0.1) is 12.7 Å². The van der Waals surface area contributed by atoms with Gasteiger partial charge in [-0.2, -0.15) is 0 Å². The fourth-order valence-corrected chi connectivity index (χ4v) is 3.77. The molecular formula is C28H26FN3O5. The number of carbonyl (C=O) groups excluding carboxylic acids is 3. The fourth-order valence-electron chi connectivity index (χ4n) is 3.77. The quantitative estimate of drug-likeness (QED) is 0.339. The lowest BCUT2D eigenvalue weighted by Crippen LogP contribution is -2.46. The standard InChI is InChI=1S/C28H26FN3O5/c1-19-6-10-21(11-7-19)26(28(35)30-16-23-4-2-14-36-23)32(18-20-8-12-22(29)13-9-20)25(33)17-31-27(34)24-5-3-15-37-24/h2-15,26H,16-18H2,1H3,(H,30,35)(H,31,34)/t26-/m1/s1. The predicted molar refractivity (Wildman–Crippen MR) is 132 cm³/mol. The Morgan fingerprint density at radius 2 is 1.59 bits per heavy atom.